The number of nitriles is 1. The second kappa shape index (κ2) is 5.03. The molecule has 95 valence electrons. The Labute approximate surface area is 112 Å². The summed E-state index contributed by atoms with van der Waals surface area (Å²) in [5, 5.41) is 28.2. The van der Waals surface area contributed by atoms with E-state index in [1.54, 1.807) is 6.07 Å². The molecule has 0 aliphatic rings. The van der Waals surface area contributed by atoms with Crippen molar-refractivity contribution in [2.45, 2.75) is 11.8 Å². The van der Waals surface area contributed by atoms with Crippen LogP contribution in [-0.2, 0) is 11.8 Å². The van der Waals surface area contributed by atoms with E-state index >= 15 is 0 Å². The van der Waals surface area contributed by atoms with Gasteiger partial charge in [-0.1, -0.05) is 36.4 Å². The molecule has 0 aliphatic carbocycles. The highest BCUT2D eigenvalue weighted by atomic mass is 16.3. The van der Waals surface area contributed by atoms with Crippen molar-refractivity contribution in [3.8, 4) is 17.6 Å². The lowest BCUT2D eigenvalue weighted by Gasteiger charge is -2.22. The van der Waals surface area contributed by atoms with E-state index in [2.05, 4.69) is 13.0 Å². The third-order valence-electron chi connectivity index (χ3n) is 3.09. The number of phenols is 2. The Kier molecular flexibility index (Phi) is 3.43. The lowest BCUT2D eigenvalue weighted by atomic mass is 9.78. The van der Waals surface area contributed by atoms with Gasteiger partial charge in [-0.3, -0.25) is 0 Å². The number of hydrogen-bond acceptors (Lipinski definition) is 3. The molecule has 2 aromatic rings. The molecule has 3 heteroatoms. The maximum Gasteiger partial charge on any atom is 0.157 e. The topological polar surface area (TPSA) is 64.2 Å². The lowest BCUT2D eigenvalue weighted by molar-refractivity contribution is 0.403. The predicted octanol–water partition coefficient (Wildman–Crippen LogP) is 2.94. The average molecular weight is 252 g/mol. The van der Waals surface area contributed by atoms with Crippen LogP contribution >= 0.6 is 0 Å². The minimum atomic E-state index is -0.912. The summed E-state index contributed by atoms with van der Waals surface area (Å²) >= 11 is 0. The van der Waals surface area contributed by atoms with Gasteiger partial charge in [0.15, 0.2) is 11.5 Å². The van der Waals surface area contributed by atoms with Gasteiger partial charge in [0.05, 0.1) is 11.5 Å². The summed E-state index contributed by atoms with van der Waals surface area (Å²) in [4.78, 5) is 0. The summed E-state index contributed by atoms with van der Waals surface area (Å²) in [5.41, 5.74) is 0.658. The zero-order valence-corrected chi connectivity index (χ0v) is 10.4. The number of hydrogen-bond donors (Lipinski definition) is 2. The maximum atomic E-state index is 9.49. The van der Waals surface area contributed by atoms with Crippen LogP contribution in [0.15, 0.2) is 48.5 Å². The molecule has 0 saturated carbocycles. The van der Waals surface area contributed by atoms with Crippen molar-refractivity contribution in [3.05, 3.63) is 66.6 Å². The quantitative estimate of drug-likeness (QED) is 0.825. The Bertz CT molecular complexity index is 616. The van der Waals surface area contributed by atoms with E-state index in [1.807, 2.05) is 30.3 Å². The van der Waals surface area contributed by atoms with E-state index in [1.165, 1.54) is 12.1 Å². The van der Waals surface area contributed by atoms with Crippen molar-refractivity contribution in [1.82, 2.24) is 0 Å². The Hall–Kier alpha value is -2.47. The average Bonchev–Trinajstić information content (AvgIpc) is 2.44. The highest BCUT2D eigenvalue weighted by Gasteiger charge is 2.27. The molecule has 2 N–H and O–H groups in total. The summed E-state index contributed by atoms with van der Waals surface area (Å²) in [6.07, 6.45) is 0.362. The first-order chi connectivity index (χ1) is 9.05. The molecule has 0 fully saturated rings. The van der Waals surface area contributed by atoms with Crippen LogP contribution in [0.3, 0.4) is 0 Å². The summed E-state index contributed by atoms with van der Waals surface area (Å²) in [6, 6.07) is 16.1. The SMILES string of the molecule is [CH2]C(C#N)(Cc1ccc(O)c(O)c1)c1ccccc1. The third kappa shape index (κ3) is 2.69. The van der Waals surface area contributed by atoms with E-state index in [0.29, 0.717) is 6.42 Å². The van der Waals surface area contributed by atoms with Crippen molar-refractivity contribution in [2.75, 3.05) is 0 Å². The third-order valence-corrected chi connectivity index (χ3v) is 3.09. The van der Waals surface area contributed by atoms with Crippen LogP contribution in [0.4, 0.5) is 0 Å². The fourth-order valence-electron chi connectivity index (χ4n) is 1.99. The molecule has 19 heavy (non-hydrogen) atoms. The van der Waals surface area contributed by atoms with Crippen LogP contribution in [0.25, 0.3) is 0 Å². The van der Waals surface area contributed by atoms with Crippen molar-refractivity contribution in [3.63, 3.8) is 0 Å². The fourth-order valence-corrected chi connectivity index (χ4v) is 1.99. The molecule has 0 aliphatic heterocycles. The normalized spacial score (nSPS) is 13.5. The molecule has 2 rings (SSSR count). The van der Waals surface area contributed by atoms with Gasteiger partial charge in [0, 0.05) is 0 Å². The highest BCUT2D eigenvalue weighted by Crippen LogP contribution is 2.31. The first-order valence-corrected chi connectivity index (χ1v) is 5.88. The number of benzene rings is 2. The Morgan fingerprint density at radius 1 is 1.05 bits per heavy atom. The molecule has 0 bridgehead atoms. The zero-order chi connectivity index (χ0) is 13.9. The van der Waals surface area contributed by atoms with Gasteiger partial charge in [0.25, 0.3) is 0 Å². The van der Waals surface area contributed by atoms with Crippen molar-refractivity contribution in [1.29, 1.82) is 5.26 Å². The first kappa shape index (κ1) is 13.0. The van der Waals surface area contributed by atoms with E-state index in [-0.39, 0.29) is 11.5 Å². The van der Waals surface area contributed by atoms with Gasteiger partial charge >= 0.3 is 0 Å². The van der Waals surface area contributed by atoms with Gasteiger partial charge in [-0.2, -0.15) is 5.26 Å². The summed E-state index contributed by atoms with van der Waals surface area (Å²) in [5.74, 6) is -0.360. The second-order valence-corrected chi connectivity index (χ2v) is 4.56. The van der Waals surface area contributed by atoms with Crippen LogP contribution in [0, 0.1) is 18.3 Å². The second-order valence-electron chi connectivity index (χ2n) is 4.56. The van der Waals surface area contributed by atoms with Gasteiger partial charge in [-0.15, -0.1) is 0 Å². The molecule has 0 saturated heterocycles. The minimum Gasteiger partial charge on any atom is -0.504 e. The molecule has 1 radical (unpaired) electrons. The number of rotatable bonds is 3. The summed E-state index contributed by atoms with van der Waals surface area (Å²) in [6.45, 7) is 4.00. The van der Waals surface area contributed by atoms with Gasteiger partial charge in [0.2, 0.25) is 0 Å². The molecule has 0 amide bonds. The van der Waals surface area contributed by atoms with Crippen molar-refractivity contribution >= 4 is 0 Å². The van der Waals surface area contributed by atoms with Crippen LogP contribution in [0.5, 0.6) is 11.5 Å². The number of aromatic hydroxyl groups is 2. The Morgan fingerprint density at radius 3 is 2.32 bits per heavy atom. The van der Waals surface area contributed by atoms with Gasteiger partial charge < -0.3 is 10.2 Å². The Morgan fingerprint density at radius 2 is 1.74 bits per heavy atom. The van der Waals surface area contributed by atoms with Crippen LogP contribution in [-0.4, -0.2) is 10.2 Å². The van der Waals surface area contributed by atoms with E-state index in [9.17, 15) is 15.5 Å². The lowest BCUT2D eigenvalue weighted by Crippen LogP contribution is -2.23. The van der Waals surface area contributed by atoms with Crippen molar-refractivity contribution in [2.24, 2.45) is 0 Å². The molecule has 0 heterocycles. The van der Waals surface area contributed by atoms with E-state index in [4.69, 9.17) is 0 Å². The largest absolute Gasteiger partial charge is 0.504 e. The van der Waals surface area contributed by atoms with Crippen LogP contribution in [0.2, 0.25) is 0 Å². The van der Waals surface area contributed by atoms with Crippen LogP contribution in [0.1, 0.15) is 11.1 Å². The smallest absolute Gasteiger partial charge is 0.157 e. The highest BCUT2D eigenvalue weighted by molar-refractivity contribution is 5.43. The summed E-state index contributed by atoms with van der Waals surface area (Å²) < 4.78 is 0. The van der Waals surface area contributed by atoms with Crippen LogP contribution < -0.4 is 0 Å². The van der Waals surface area contributed by atoms with Gasteiger partial charge in [-0.05, 0) is 36.6 Å². The standard InChI is InChI=1S/C16H14NO2/c1-16(11-17,13-5-3-2-4-6-13)10-12-7-8-14(18)15(19)9-12/h2-9,18-19H,1,10H2. The predicted molar refractivity (Wildman–Crippen MR) is 72.6 cm³/mol. The molecular weight excluding hydrogens is 238 g/mol. The molecule has 0 spiro atoms. The van der Waals surface area contributed by atoms with Gasteiger partial charge in [0.1, 0.15) is 0 Å². The molecule has 3 nitrogen and oxygen atoms in total. The first-order valence-electron chi connectivity index (χ1n) is 5.88. The summed E-state index contributed by atoms with van der Waals surface area (Å²) in [7, 11) is 0. The number of phenolic OH excluding ortho intramolecular Hbond substituents is 2. The molecule has 0 aromatic heterocycles. The molecule has 1 atom stereocenters. The zero-order valence-electron chi connectivity index (χ0n) is 10.4. The minimum absolute atomic E-state index is 0.171. The fraction of sp³-hybridized carbons (Fsp3) is 0.125. The maximum absolute atomic E-state index is 9.49. The molecule has 2 aromatic carbocycles. The molecule has 1 unspecified atom stereocenters. The molecular formula is C16H14NO2. The number of nitrogens with zero attached hydrogens (tertiary/aromatic N) is 1. The monoisotopic (exact) mass is 252 g/mol. The van der Waals surface area contributed by atoms with Crippen molar-refractivity contribution < 1.29 is 10.2 Å². The van der Waals surface area contributed by atoms with E-state index < -0.39 is 5.41 Å². The van der Waals surface area contributed by atoms with E-state index in [0.717, 1.165) is 11.1 Å². The van der Waals surface area contributed by atoms with Gasteiger partial charge in [-0.25, -0.2) is 0 Å². The Balaban J connectivity index is 2.34.